The normalized spacial score (nSPS) is 10.7. The van der Waals surface area contributed by atoms with Crippen LogP contribution in [0.3, 0.4) is 0 Å². The van der Waals surface area contributed by atoms with Crippen molar-refractivity contribution in [3.05, 3.63) is 60.4 Å². The highest BCUT2D eigenvalue weighted by molar-refractivity contribution is 5.79. The van der Waals surface area contributed by atoms with Gasteiger partial charge in [0.05, 0.1) is 21.3 Å². The maximum atomic E-state index is 11.8. The summed E-state index contributed by atoms with van der Waals surface area (Å²) in [5, 5.41) is 6.97. The Bertz CT molecular complexity index is 1310. The fraction of sp³-hybridized carbons (Fsp3) is 0.269. The van der Waals surface area contributed by atoms with E-state index in [1.165, 1.54) is 0 Å². The summed E-state index contributed by atoms with van der Waals surface area (Å²) in [6.45, 7) is 2.56. The molecular formula is C26H29N5O4. The topological polar surface area (TPSA) is 99.5 Å². The molecule has 4 aromatic rings. The second kappa shape index (κ2) is 10.8. The van der Waals surface area contributed by atoms with Crippen LogP contribution >= 0.6 is 0 Å². The average molecular weight is 476 g/mol. The minimum Gasteiger partial charge on any atom is -0.493 e. The first kappa shape index (κ1) is 23.9. The lowest BCUT2D eigenvalue weighted by molar-refractivity contribution is -0.120. The lowest BCUT2D eigenvalue weighted by Gasteiger charge is -2.14. The molecule has 0 aliphatic carbocycles. The molecule has 0 radical (unpaired) electrons. The number of fused-ring (bicyclic) bond motifs is 1. The molecule has 0 fully saturated rings. The molecule has 2 aromatic heterocycles. The number of hydrogen-bond acceptors (Lipinski definition) is 7. The van der Waals surface area contributed by atoms with Crippen molar-refractivity contribution in [2.24, 2.45) is 0 Å². The van der Waals surface area contributed by atoms with E-state index < -0.39 is 0 Å². The van der Waals surface area contributed by atoms with Gasteiger partial charge in [0.15, 0.2) is 11.5 Å². The summed E-state index contributed by atoms with van der Waals surface area (Å²) in [7, 11) is 4.70. The van der Waals surface area contributed by atoms with E-state index in [-0.39, 0.29) is 5.91 Å². The van der Waals surface area contributed by atoms with Crippen molar-refractivity contribution in [2.45, 2.75) is 19.8 Å². The van der Waals surface area contributed by atoms with E-state index in [4.69, 9.17) is 19.2 Å². The summed E-state index contributed by atoms with van der Waals surface area (Å²) in [5.74, 6) is 2.06. The largest absolute Gasteiger partial charge is 0.493 e. The van der Waals surface area contributed by atoms with Crippen LogP contribution in [0, 0.1) is 0 Å². The monoisotopic (exact) mass is 475 g/mol. The van der Waals surface area contributed by atoms with Gasteiger partial charge in [0.1, 0.15) is 5.65 Å². The summed E-state index contributed by atoms with van der Waals surface area (Å²) in [4.78, 5) is 21.1. The Morgan fingerprint density at radius 2 is 1.80 bits per heavy atom. The van der Waals surface area contributed by atoms with Crippen molar-refractivity contribution in [3.63, 3.8) is 0 Å². The number of carbonyl (C=O) groups excluding carboxylic acids is 1. The second-order valence-electron chi connectivity index (χ2n) is 7.82. The third-order valence-corrected chi connectivity index (χ3v) is 5.55. The molecule has 2 heterocycles. The Balaban J connectivity index is 1.62. The van der Waals surface area contributed by atoms with Gasteiger partial charge in [-0.3, -0.25) is 4.79 Å². The number of ether oxygens (including phenoxy) is 3. The van der Waals surface area contributed by atoms with Gasteiger partial charge < -0.3 is 29.4 Å². The number of nitrogens with zero attached hydrogens (tertiary/aromatic N) is 3. The van der Waals surface area contributed by atoms with Crippen LogP contribution in [-0.4, -0.2) is 48.3 Å². The Morgan fingerprint density at radius 1 is 1.03 bits per heavy atom. The maximum Gasteiger partial charge on any atom is 0.229 e. The number of nitrogens with one attached hydrogen (secondary N) is 2. The second-order valence-corrected chi connectivity index (χ2v) is 7.82. The number of carbonyl (C=O) groups is 1. The molecule has 4 rings (SSSR count). The summed E-state index contributed by atoms with van der Waals surface area (Å²) < 4.78 is 18.3. The fourth-order valence-electron chi connectivity index (χ4n) is 3.87. The number of aromatic nitrogens is 3. The van der Waals surface area contributed by atoms with Crippen LogP contribution in [-0.2, 0) is 11.2 Å². The van der Waals surface area contributed by atoms with Crippen molar-refractivity contribution < 1.29 is 19.0 Å². The van der Waals surface area contributed by atoms with Crippen LogP contribution in [0.25, 0.3) is 16.7 Å². The molecule has 0 unspecified atom stereocenters. The van der Waals surface area contributed by atoms with Crippen LogP contribution in [0.1, 0.15) is 18.9 Å². The zero-order valence-electron chi connectivity index (χ0n) is 20.3. The Hall–Kier alpha value is -4.27. The van der Waals surface area contributed by atoms with Gasteiger partial charge in [0.25, 0.3) is 0 Å². The van der Waals surface area contributed by atoms with Gasteiger partial charge in [-0.15, -0.1) is 0 Å². The van der Waals surface area contributed by atoms with Gasteiger partial charge in [0.2, 0.25) is 17.6 Å². The summed E-state index contributed by atoms with van der Waals surface area (Å²) in [6.07, 6.45) is 4.86. The van der Waals surface area contributed by atoms with Crippen molar-refractivity contribution >= 4 is 28.6 Å². The number of hydrogen-bond donors (Lipinski definition) is 2. The first-order valence-electron chi connectivity index (χ1n) is 11.3. The van der Waals surface area contributed by atoms with E-state index in [2.05, 4.69) is 21.7 Å². The lowest BCUT2D eigenvalue weighted by atomic mass is 10.1. The van der Waals surface area contributed by atoms with Crippen LogP contribution in [0.2, 0.25) is 0 Å². The standard InChI is InChI=1S/C26H29N5O4/c1-5-27-23(32)10-9-17-7-6-8-20(13-17)31-12-11-18-16-28-26(30-25(18)31)29-19-14-21(33-2)24(35-4)22(15-19)34-3/h6-8,11-16H,5,9-10H2,1-4H3,(H,27,32)(H,28,29,30). The molecule has 182 valence electrons. The van der Waals surface area contributed by atoms with Crippen LogP contribution in [0.5, 0.6) is 17.2 Å². The number of amides is 1. The SMILES string of the molecule is CCNC(=O)CCc1cccc(-n2ccc3cnc(Nc4cc(OC)c(OC)c(OC)c4)nc32)c1. The molecule has 9 nitrogen and oxygen atoms in total. The number of benzene rings is 2. The van der Waals surface area contributed by atoms with E-state index in [0.717, 1.165) is 22.3 Å². The number of methoxy groups -OCH3 is 3. The molecule has 2 N–H and O–H groups in total. The van der Waals surface area contributed by atoms with E-state index >= 15 is 0 Å². The predicted octanol–water partition coefficient (Wildman–Crippen LogP) is 4.26. The van der Waals surface area contributed by atoms with Crippen LogP contribution in [0.4, 0.5) is 11.6 Å². The van der Waals surface area contributed by atoms with E-state index in [0.29, 0.717) is 48.3 Å². The number of anilines is 2. The average Bonchev–Trinajstić information content (AvgIpc) is 3.30. The summed E-state index contributed by atoms with van der Waals surface area (Å²) >= 11 is 0. The molecule has 0 saturated carbocycles. The lowest BCUT2D eigenvalue weighted by Crippen LogP contribution is -2.22. The first-order chi connectivity index (χ1) is 17.1. The molecule has 0 aliphatic rings. The minimum absolute atomic E-state index is 0.0552. The van der Waals surface area contributed by atoms with Crippen molar-refractivity contribution in [1.82, 2.24) is 19.9 Å². The minimum atomic E-state index is 0.0552. The molecule has 0 atom stereocenters. The van der Waals surface area contributed by atoms with Gasteiger partial charge in [-0.25, -0.2) is 4.98 Å². The predicted molar refractivity (Wildman–Crippen MR) is 135 cm³/mol. The summed E-state index contributed by atoms with van der Waals surface area (Å²) in [5.41, 5.74) is 3.51. The quantitative estimate of drug-likeness (QED) is 0.354. The molecule has 1 amide bonds. The Labute approximate surface area is 204 Å². The molecule has 9 heteroatoms. The Morgan fingerprint density at radius 3 is 2.49 bits per heavy atom. The molecule has 0 aliphatic heterocycles. The van der Waals surface area contributed by atoms with Crippen LogP contribution < -0.4 is 24.8 Å². The van der Waals surface area contributed by atoms with Crippen molar-refractivity contribution in [3.8, 4) is 22.9 Å². The highest BCUT2D eigenvalue weighted by Crippen LogP contribution is 2.40. The van der Waals surface area contributed by atoms with Gasteiger partial charge in [-0.2, -0.15) is 4.98 Å². The molecule has 35 heavy (non-hydrogen) atoms. The first-order valence-corrected chi connectivity index (χ1v) is 11.3. The van der Waals surface area contributed by atoms with Crippen molar-refractivity contribution in [2.75, 3.05) is 33.2 Å². The smallest absolute Gasteiger partial charge is 0.229 e. The molecule has 0 saturated heterocycles. The van der Waals surface area contributed by atoms with Gasteiger partial charge in [-0.05, 0) is 37.1 Å². The molecule has 2 aromatic carbocycles. The van der Waals surface area contributed by atoms with Gasteiger partial charge in [0, 0.05) is 54.3 Å². The maximum absolute atomic E-state index is 11.8. The zero-order chi connectivity index (χ0) is 24.8. The van der Waals surface area contributed by atoms with E-state index in [1.54, 1.807) is 39.7 Å². The highest BCUT2D eigenvalue weighted by atomic mass is 16.5. The fourth-order valence-corrected chi connectivity index (χ4v) is 3.87. The molecular weight excluding hydrogens is 446 g/mol. The number of rotatable bonds is 10. The van der Waals surface area contributed by atoms with E-state index in [1.807, 2.05) is 42.0 Å². The highest BCUT2D eigenvalue weighted by Gasteiger charge is 2.15. The van der Waals surface area contributed by atoms with Crippen LogP contribution in [0.15, 0.2) is 54.9 Å². The zero-order valence-corrected chi connectivity index (χ0v) is 20.3. The summed E-state index contributed by atoms with van der Waals surface area (Å²) in [6, 6.07) is 13.7. The number of aryl methyl sites for hydroxylation is 1. The van der Waals surface area contributed by atoms with Gasteiger partial charge >= 0.3 is 0 Å². The molecule has 0 bridgehead atoms. The molecule has 0 spiro atoms. The van der Waals surface area contributed by atoms with E-state index in [9.17, 15) is 4.79 Å². The third-order valence-electron chi connectivity index (χ3n) is 5.55. The van der Waals surface area contributed by atoms with Gasteiger partial charge in [-0.1, -0.05) is 12.1 Å². The van der Waals surface area contributed by atoms with Crippen molar-refractivity contribution in [1.29, 1.82) is 0 Å². The third kappa shape index (κ3) is 5.29. The Kier molecular flexibility index (Phi) is 7.35.